The number of ether oxygens (including phenoxy) is 2. The van der Waals surface area contributed by atoms with Gasteiger partial charge in [-0.05, 0) is 33.3 Å². The number of nitrogens with zero attached hydrogens (tertiary/aromatic N) is 2. The molecule has 10 heteroatoms. The molecule has 1 aliphatic heterocycles. The first-order chi connectivity index (χ1) is 14.0. The fraction of sp³-hybridized carbons (Fsp3) is 0.600. The Morgan fingerprint density at radius 2 is 1.97 bits per heavy atom. The Morgan fingerprint density at radius 1 is 1.27 bits per heavy atom. The largest absolute Gasteiger partial charge is 0.484 e. The molecule has 0 aromatic heterocycles. The zero-order chi connectivity index (χ0) is 22.4. The number of halogens is 3. The van der Waals surface area contributed by atoms with E-state index in [0.29, 0.717) is 24.6 Å². The minimum Gasteiger partial charge on any atom is -0.484 e. The van der Waals surface area contributed by atoms with E-state index in [0.717, 1.165) is 6.42 Å². The highest BCUT2D eigenvalue weighted by Crippen LogP contribution is 2.22. The summed E-state index contributed by atoms with van der Waals surface area (Å²) in [6.07, 6.45) is -4.14. The van der Waals surface area contributed by atoms with Crippen molar-refractivity contribution in [1.82, 2.24) is 15.5 Å². The van der Waals surface area contributed by atoms with Crippen LogP contribution in [0.25, 0.3) is 0 Å². The van der Waals surface area contributed by atoms with Crippen LogP contribution in [0.5, 0.6) is 5.75 Å². The molecule has 0 spiro atoms. The van der Waals surface area contributed by atoms with Gasteiger partial charge in [-0.3, -0.25) is 4.99 Å². The monoisotopic (exact) mass is 430 g/mol. The van der Waals surface area contributed by atoms with Gasteiger partial charge in [-0.25, -0.2) is 4.79 Å². The number of carbonyl (C=O) groups excluding carboxylic acids is 1. The molecule has 7 nitrogen and oxygen atoms in total. The van der Waals surface area contributed by atoms with E-state index in [9.17, 15) is 18.0 Å². The van der Waals surface area contributed by atoms with Crippen molar-refractivity contribution >= 4 is 12.1 Å². The van der Waals surface area contributed by atoms with Crippen LogP contribution in [0.15, 0.2) is 29.3 Å². The second-order valence-electron chi connectivity index (χ2n) is 7.99. The van der Waals surface area contributed by atoms with Gasteiger partial charge in [0, 0.05) is 32.2 Å². The second-order valence-corrected chi connectivity index (χ2v) is 7.99. The van der Waals surface area contributed by atoms with Crippen molar-refractivity contribution < 1.29 is 27.4 Å². The van der Waals surface area contributed by atoms with Crippen molar-refractivity contribution in [2.75, 3.05) is 26.7 Å². The van der Waals surface area contributed by atoms with Crippen molar-refractivity contribution in [2.24, 2.45) is 4.99 Å². The molecule has 0 bridgehead atoms. The Bertz CT molecular complexity index is 748. The summed E-state index contributed by atoms with van der Waals surface area (Å²) in [5, 5.41) is 5.99. The molecule has 1 aromatic rings. The standard InChI is InChI=1S/C20H29F3N4O3/c1-19(2,3)30-18(28)26-15-9-10-27(12-15)17(24-4)25-11-14-7-5-6-8-16(14)29-13-20(21,22)23/h5-8,15H,9-13H2,1-4H3,(H,24,25)(H,26,28). The van der Waals surface area contributed by atoms with Crippen LogP contribution in [-0.2, 0) is 11.3 Å². The quantitative estimate of drug-likeness (QED) is 0.554. The number of nitrogens with one attached hydrogen (secondary N) is 2. The van der Waals surface area contributed by atoms with Crippen LogP contribution in [0, 0.1) is 0 Å². The topological polar surface area (TPSA) is 75.2 Å². The van der Waals surface area contributed by atoms with Crippen molar-refractivity contribution in [3.63, 3.8) is 0 Å². The molecule has 1 heterocycles. The van der Waals surface area contributed by atoms with E-state index in [1.165, 1.54) is 6.07 Å². The van der Waals surface area contributed by atoms with Crippen LogP contribution >= 0.6 is 0 Å². The average molecular weight is 430 g/mol. The number of amides is 1. The normalized spacial score (nSPS) is 17.6. The Kier molecular flexibility index (Phi) is 7.80. The van der Waals surface area contributed by atoms with Gasteiger partial charge in [-0.15, -0.1) is 0 Å². The summed E-state index contributed by atoms with van der Waals surface area (Å²) in [4.78, 5) is 18.2. The Hall–Kier alpha value is -2.65. The highest BCUT2D eigenvalue weighted by molar-refractivity contribution is 5.80. The van der Waals surface area contributed by atoms with Crippen LogP contribution in [0.4, 0.5) is 18.0 Å². The number of alkyl carbamates (subject to hydrolysis) is 1. The van der Waals surface area contributed by atoms with E-state index < -0.39 is 24.5 Å². The molecule has 1 aliphatic rings. The third-order valence-corrected chi connectivity index (χ3v) is 4.22. The molecule has 1 amide bonds. The molecule has 30 heavy (non-hydrogen) atoms. The zero-order valence-electron chi connectivity index (χ0n) is 17.7. The zero-order valence-corrected chi connectivity index (χ0v) is 17.7. The fourth-order valence-electron chi connectivity index (χ4n) is 3.00. The molecular weight excluding hydrogens is 401 g/mol. The lowest BCUT2D eigenvalue weighted by Gasteiger charge is -2.23. The summed E-state index contributed by atoms with van der Waals surface area (Å²) in [7, 11) is 1.63. The summed E-state index contributed by atoms with van der Waals surface area (Å²) in [5.41, 5.74) is 0.0205. The van der Waals surface area contributed by atoms with Crippen LogP contribution in [-0.4, -0.2) is 61.5 Å². The smallest absolute Gasteiger partial charge is 0.422 e. The van der Waals surface area contributed by atoms with E-state index in [-0.39, 0.29) is 18.3 Å². The number of hydrogen-bond donors (Lipinski definition) is 2. The first-order valence-corrected chi connectivity index (χ1v) is 9.69. The lowest BCUT2D eigenvalue weighted by atomic mass is 10.2. The highest BCUT2D eigenvalue weighted by atomic mass is 19.4. The fourth-order valence-corrected chi connectivity index (χ4v) is 3.00. The molecule has 1 fully saturated rings. The summed E-state index contributed by atoms with van der Waals surface area (Å²) in [5.74, 6) is 0.762. The molecule has 1 unspecified atom stereocenters. The molecule has 1 saturated heterocycles. The molecule has 1 aromatic carbocycles. The van der Waals surface area contributed by atoms with Crippen molar-refractivity contribution in [2.45, 2.75) is 51.6 Å². The van der Waals surface area contributed by atoms with Crippen molar-refractivity contribution in [3.8, 4) is 5.75 Å². The maximum absolute atomic E-state index is 12.5. The van der Waals surface area contributed by atoms with Gasteiger partial charge in [0.1, 0.15) is 11.4 Å². The van der Waals surface area contributed by atoms with Gasteiger partial charge in [0.15, 0.2) is 12.6 Å². The number of carbonyl (C=O) groups is 1. The molecule has 2 rings (SSSR count). The predicted molar refractivity (Wildman–Crippen MR) is 108 cm³/mol. The van der Waals surface area contributed by atoms with Crippen LogP contribution in [0.2, 0.25) is 0 Å². The number of para-hydroxylation sites is 1. The highest BCUT2D eigenvalue weighted by Gasteiger charge is 2.29. The number of guanidine groups is 1. The molecule has 0 aliphatic carbocycles. The van der Waals surface area contributed by atoms with Gasteiger partial charge in [0.25, 0.3) is 0 Å². The van der Waals surface area contributed by atoms with Gasteiger partial charge >= 0.3 is 12.3 Å². The molecular formula is C20H29F3N4O3. The first kappa shape index (κ1) is 23.6. The Labute approximate surface area is 174 Å². The van der Waals surface area contributed by atoms with E-state index in [4.69, 9.17) is 9.47 Å². The predicted octanol–water partition coefficient (Wildman–Crippen LogP) is 3.30. The summed E-state index contributed by atoms with van der Waals surface area (Å²) in [6.45, 7) is 5.53. The lowest BCUT2D eigenvalue weighted by molar-refractivity contribution is -0.153. The lowest BCUT2D eigenvalue weighted by Crippen LogP contribution is -2.44. The minimum absolute atomic E-state index is 0.0826. The third kappa shape index (κ3) is 8.00. The Morgan fingerprint density at radius 3 is 2.60 bits per heavy atom. The average Bonchev–Trinajstić information content (AvgIpc) is 3.07. The van der Waals surface area contributed by atoms with Gasteiger partial charge in [-0.2, -0.15) is 13.2 Å². The number of likely N-dealkylation sites (tertiary alicyclic amines) is 1. The minimum atomic E-state index is -4.40. The maximum atomic E-state index is 12.5. The summed E-state index contributed by atoms with van der Waals surface area (Å²) >= 11 is 0. The number of alkyl halides is 3. The van der Waals surface area contributed by atoms with Crippen molar-refractivity contribution in [1.29, 1.82) is 0 Å². The molecule has 1 atom stereocenters. The van der Waals surface area contributed by atoms with E-state index in [1.54, 1.807) is 46.0 Å². The van der Waals surface area contributed by atoms with Crippen LogP contribution in [0.3, 0.4) is 0 Å². The van der Waals surface area contributed by atoms with Crippen molar-refractivity contribution in [3.05, 3.63) is 29.8 Å². The summed E-state index contributed by atoms with van der Waals surface area (Å²) in [6, 6.07) is 6.47. The number of benzene rings is 1. The SMILES string of the molecule is CN=C(NCc1ccccc1OCC(F)(F)F)N1CCC(NC(=O)OC(C)(C)C)C1. The number of hydrogen-bond acceptors (Lipinski definition) is 4. The van der Waals surface area contributed by atoms with Gasteiger partial charge in [0.05, 0.1) is 6.04 Å². The van der Waals surface area contributed by atoms with Gasteiger partial charge in [0.2, 0.25) is 0 Å². The second kappa shape index (κ2) is 9.90. The van der Waals surface area contributed by atoms with E-state index in [1.807, 2.05) is 4.90 Å². The third-order valence-electron chi connectivity index (χ3n) is 4.22. The molecule has 168 valence electrons. The Balaban J connectivity index is 1.89. The molecule has 0 radical (unpaired) electrons. The van der Waals surface area contributed by atoms with E-state index in [2.05, 4.69) is 15.6 Å². The van der Waals surface area contributed by atoms with E-state index >= 15 is 0 Å². The number of rotatable bonds is 5. The van der Waals surface area contributed by atoms with Crippen LogP contribution in [0.1, 0.15) is 32.8 Å². The maximum Gasteiger partial charge on any atom is 0.422 e. The summed E-state index contributed by atoms with van der Waals surface area (Å²) < 4.78 is 47.6. The molecule has 2 N–H and O–H groups in total. The number of aliphatic imine (C=N–C) groups is 1. The van der Waals surface area contributed by atoms with Gasteiger partial charge < -0.3 is 25.0 Å². The first-order valence-electron chi connectivity index (χ1n) is 9.69. The van der Waals surface area contributed by atoms with Gasteiger partial charge in [-0.1, -0.05) is 18.2 Å². The molecule has 0 saturated carbocycles. The van der Waals surface area contributed by atoms with Crippen LogP contribution < -0.4 is 15.4 Å².